The molecule has 0 bridgehead atoms. The van der Waals surface area contributed by atoms with Crippen LogP contribution >= 0.6 is 0 Å². The standard InChI is InChI=1S/C10H15NO/c1-8(2)4-5-10-9(3)12-7-6-11-10/h4-5,11H,1,6-7H2,2-3H3/b5-4-. The summed E-state index contributed by atoms with van der Waals surface area (Å²) >= 11 is 0. The van der Waals surface area contributed by atoms with Crippen molar-refractivity contribution in [1.82, 2.24) is 5.32 Å². The molecule has 0 aromatic rings. The predicted molar refractivity (Wildman–Crippen MR) is 50.6 cm³/mol. The van der Waals surface area contributed by atoms with Crippen molar-refractivity contribution in [2.75, 3.05) is 13.2 Å². The van der Waals surface area contributed by atoms with Gasteiger partial charge < -0.3 is 10.1 Å². The number of hydrogen-bond acceptors (Lipinski definition) is 2. The molecular weight excluding hydrogens is 150 g/mol. The van der Waals surface area contributed by atoms with Crippen molar-refractivity contribution in [3.05, 3.63) is 35.8 Å². The summed E-state index contributed by atoms with van der Waals surface area (Å²) in [5.41, 5.74) is 2.10. The Morgan fingerprint density at radius 3 is 3.00 bits per heavy atom. The summed E-state index contributed by atoms with van der Waals surface area (Å²) < 4.78 is 5.36. The molecule has 2 heteroatoms. The lowest BCUT2D eigenvalue weighted by atomic mass is 10.2. The van der Waals surface area contributed by atoms with Crippen molar-refractivity contribution in [3.8, 4) is 0 Å². The van der Waals surface area contributed by atoms with Gasteiger partial charge in [0.2, 0.25) is 0 Å². The van der Waals surface area contributed by atoms with Gasteiger partial charge in [-0.15, -0.1) is 0 Å². The summed E-state index contributed by atoms with van der Waals surface area (Å²) in [5, 5.41) is 3.25. The van der Waals surface area contributed by atoms with Crippen LogP contribution in [0, 0.1) is 0 Å². The molecule has 0 aromatic carbocycles. The molecule has 1 N–H and O–H groups in total. The van der Waals surface area contributed by atoms with Gasteiger partial charge in [0.25, 0.3) is 0 Å². The van der Waals surface area contributed by atoms with Crippen LogP contribution in [0.2, 0.25) is 0 Å². The molecule has 0 radical (unpaired) electrons. The SMILES string of the molecule is C=C(C)/C=C\C1=C(C)OCCN1. The average molecular weight is 165 g/mol. The van der Waals surface area contributed by atoms with Crippen molar-refractivity contribution >= 4 is 0 Å². The zero-order valence-electron chi connectivity index (χ0n) is 7.68. The highest BCUT2D eigenvalue weighted by Gasteiger charge is 2.04. The van der Waals surface area contributed by atoms with E-state index < -0.39 is 0 Å². The lowest BCUT2D eigenvalue weighted by Crippen LogP contribution is -2.24. The molecule has 1 heterocycles. The first-order valence-electron chi connectivity index (χ1n) is 4.11. The van der Waals surface area contributed by atoms with E-state index in [0.717, 1.165) is 30.2 Å². The highest BCUT2D eigenvalue weighted by molar-refractivity contribution is 5.26. The molecule has 0 saturated heterocycles. The Balaban J connectivity index is 2.66. The zero-order chi connectivity index (χ0) is 8.97. The van der Waals surface area contributed by atoms with Crippen LogP contribution in [0.5, 0.6) is 0 Å². The Morgan fingerprint density at radius 1 is 1.67 bits per heavy atom. The van der Waals surface area contributed by atoms with Crippen LogP contribution in [0.25, 0.3) is 0 Å². The number of nitrogens with one attached hydrogen (secondary N) is 1. The molecule has 12 heavy (non-hydrogen) atoms. The van der Waals surface area contributed by atoms with Crippen LogP contribution in [0.15, 0.2) is 35.8 Å². The lowest BCUT2D eigenvalue weighted by Gasteiger charge is -2.18. The van der Waals surface area contributed by atoms with E-state index in [1.165, 1.54) is 0 Å². The Kier molecular flexibility index (Phi) is 2.97. The Hall–Kier alpha value is -1.18. The van der Waals surface area contributed by atoms with Gasteiger partial charge in [-0.3, -0.25) is 0 Å². The average Bonchev–Trinajstić information content (AvgIpc) is 2.03. The number of allylic oxidation sites excluding steroid dienone is 4. The fraction of sp³-hybridized carbons (Fsp3) is 0.400. The summed E-state index contributed by atoms with van der Waals surface area (Å²) in [6, 6.07) is 0. The molecule has 0 spiro atoms. The molecule has 0 amide bonds. The molecule has 2 nitrogen and oxygen atoms in total. The maximum absolute atomic E-state index is 5.36. The Morgan fingerprint density at radius 2 is 2.42 bits per heavy atom. The van der Waals surface area contributed by atoms with Crippen LogP contribution < -0.4 is 5.32 Å². The topological polar surface area (TPSA) is 21.3 Å². The first kappa shape index (κ1) is 8.91. The van der Waals surface area contributed by atoms with Crippen molar-refractivity contribution in [2.24, 2.45) is 0 Å². The van der Waals surface area contributed by atoms with Crippen molar-refractivity contribution in [3.63, 3.8) is 0 Å². The number of ether oxygens (including phenoxy) is 1. The molecule has 0 atom stereocenters. The van der Waals surface area contributed by atoms with E-state index in [-0.39, 0.29) is 0 Å². The summed E-state index contributed by atoms with van der Waals surface area (Å²) in [5.74, 6) is 0.957. The maximum atomic E-state index is 5.36. The lowest BCUT2D eigenvalue weighted by molar-refractivity contribution is 0.195. The summed E-state index contributed by atoms with van der Waals surface area (Å²) in [7, 11) is 0. The van der Waals surface area contributed by atoms with Gasteiger partial charge >= 0.3 is 0 Å². The maximum Gasteiger partial charge on any atom is 0.116 e. The fourth-order valence-corrected chi connectivity index (χ4v) is 0.994. The highest BCUT2D eigenvalue weighted by Crippen LogP contribution is 2.08. The normalized spacial score (nSPS) is 17.5. The number of hydrogen-bond donors (Lipinski definition) is 1. The van der Waals surface area contributed by atoms with E-state index in [1.807, 2.05) is 26.0 Å². The third-order valence-electron chi connectivity index (χ3n) is 1.65. The van der Waals surface area contributed by atoms with E-state index >= 15 is 0 Å². The van der Waals surface area contributed by atoms with Crippen LogP contribution in [0.1, 0.15) is 13.8 Å². The molecular formula is C10H15NO. The van der Waals surface area contributed by atoms with Gasteiger partial charge in [-0.25, -0.2) is 0 Å². The second-order valence-electron chi connectivity index (χ2n) is 2.92. The zero-order valence-corrected chi connectivity index (χ0v) is 7.68. The molecule has 0 aromatic heterocycles. The van der Waals surface area contributed by atoms with Crippen LogP contribution in [0.3, 0.4) is 0 Å². The first-order valence-corrected chi connectivity index (χ1v) is 4.11. The van der Waals surface area contributed by atoms with Gasteiger partial charge in [-0.1, -0.05) is 18.2 Å². The smallest absolute Gasteiger partial charge is 0.116 e. The van der Waals surface area contributed by atoms with E-state index in [4.69, 9.17) is 4.74 Å². The molecule has 0 unspecified atom stereocenters. The van der Waals surface area contributed by atoms with E-state index in [0.29, 0.717) is 0 Å². The predicted octanol–water partition coefficient (Wildman–Crippen LogP) is 1.97. The molecule has 0 saturated carbocycles. The molecule has 66 valence electrons. The van der Waals surface area contributed by atoms with Crippen molar-refractivity contribution < 1.29 is 4.74 Å². The van der Waals surface area contributed by atoms with Crippen molar-refractivity contribution in [1.29, 1.82) is 0 Å². The van der Waals surface area contributed by atoms with Crippen LogP contribution in [-0.2, 0) is 4.74 Å². The quantitative estimate of drug-likeness (QED) is 0.632. The van der Waals surface area contributed by atoms with E-state index in [1.54, 1.807) is 0 Å². The first-order chi connectivity index (χ1) is 5.70. The van der Waals surface area contributed by atoms with Gasteiger partial charge in [-0.05, 0) is 19.9 Å². The van der Waals surface area contributed by atoms with Gasteiger partial charge in [0.15, 0.2) is 0 Å². The van der Waals surface area contributed by atoms with Gasteiger partial charge in [0.1, 0.15) is 12.4 Å². The van der Waals surface area contributed by atoms with Crippen LogP contribution in [0.4, 0.5) is 0 Å². The third kappa shape index (κ3) is 2.46. The summed E-state index contributed by atoms with van der Waals surface area (Å²) in [6.45, 7) is 9.36. The summed E-state index contributed by atoms with van der Waals surface area (Å²) in [6.07, 6.45) is 3.97. The van der Waals surface area contributed by atoms with E-state index in [2.05, 4.69) is 11.9 Å². The minimum atomic E-state index is 0.760. The molecule has 1 aliphatic heterocycles. The Labute approximate surface area is 73.6 Å². The second kappa shape index (κ2) is 4.00. The van der Waals surface area contributed by atoms with E-state index in [9.17, 15) is 0 Å². The summed E-state index contributed by atoms with van der Waals surface area (Å²) in [4.78, 5) is 0. The van der Waals surface area contributed by atoms with Crippen LogP contribution in [-0.4, -0.2) is 13.2 Å². The largest absolute Gasteiger partial charge is 0.494 e. The molecule has 0 aliphatic carbocycles. The molecule has 1 rings (SSSR count). The second-order valence-corrected chi connectivity index (χ2v) is 2.92. The monoisotopic (exact) mass is 165 g/mol. The van der Waals surface area contributed by atoms with Crippen molar-refractivity contribution in [2.45, 2.75) is 13.8 Å². The van der Waals surface area contributed by atoms with Gasteiger partial charge in [-0.2, -0.15) is 0 Å². The molecule has 0 fully saturated rings. The minimum Gasteiger partial charge on any atom is -0.494 e. The third-order valence-corrected chi connectivity index (χ3v) is 1.65. The highest BCUT2D eigenvalue weighted by atomic mass is 16.5. The van der Waals surface area contributed by atoms with Gasteiger partial charge in [0, 0.05) is 6.54 Å². The minimum absolute atomic E-state index is 0.760. The fourth-order valence-electron chi connectivity index (χ4n) is 0.994. The van der Waals surface area contributed by atoms with Gasteiger partial charge in [0.05, 0.1) is 5.70 Å². The molecule has 1 aliphatic rings. The Bertz CT molecular complexity index is 238. The number of rotatable bonds is 2.